The van der Waals surface area contributed by atoms with Crippen LogP contribution in [-0.4, -0.2) is 57.8 Å². The largest absolute Gasteiger partial charge is 0.458 e. The Morgan fingerprint density at radius 1 is 1.19 bits per heavy atom. The van der Waals surface area contributed by atoms with Crippen LogP contribution in [0.15, 0.2) is 41.8 Å². The molecule has 1 N–H and O–H groups in total. The number of thioether (sulfide) groups is 1. The molecule has 1 aromatic rings. The van der Waals surface area contributed by atoms with Crippen molar-refractivity contribution in [1.82, 2.24) is 10.2 Å². The molecule has 0 bridgehead atoms. The van der Waals surface area contributed by atoms with Crippen molar-refractivity contribution in [2.24, 2.45) is 0 Å². The second-order valence-electron chi connectivity index (χ2n) is 8.44. The van der Waals surface area contributed by atoms with Gasteiger partial charge in [0.1, 0.15) is 17.0 Å². The van der Waals surface area contributed by atoms with Gasteiger partial charge in [-0.3, -0.25) is 14.4 Å². The van der Waals surface area contributed by atoms with Crippen molar-refractivity contribution in [3.05, 3.63) is 47.4 Å². The van der Waals surface area contributed by atoms with Crippen LogP contribution >= 0.6 is 11.8 Å². The lowest BCUT2D eigenvalue weighted by molar-refractivity contribution is -0.180. The van der Waals surface area contributed by atoms with E-state index in [1.165, 1.54) is 23.6 Å². The van der Waals surface area contributed by atoms with E-state index in [4.69, 9.17) is 9.47 Å². The minimum absolute atomic E-state index is 0.133. The first-order valence-corrected chi connectivity index (χ1v) is 10.8. The van der Waals surface area contributed by atoms with Crippen molar-refractivity contribution >= 4 is 35.5 Å². The molecule has 2 fully saturated rings. The third-order valence-electron chi connectivity index (χ3n) is 4.72. The number of nitrogens with one attached hydrogen (secondary N) is 1. The van der Waals surface area contributed by atoms with Crippen molar-refractivity contribution in [2.75, 3.05) is 0 Å². The van der Waals surface area contributed by atoms with E-state index in [0.717, 1.165) is 5.56 Å². The Bertz CT molecular complexity index is 910. The van der Waals surface area contributed by atoms with E-state index in [-0.39, 0.29) is 12.3 Å². The van der Waals surface area contributed by atoms with E-state index in [1.54, 1.807) is 20.8 Å². The number of hydrogen-bond donors (Lipinski definition) is 1. The minimum atomic E-state index is -1.16. The molecule has 2 heterocycles. The van der Waals surface area contributed by atoms with Crippen molar-refractivity contribution < 1.29 is 28.7 Å². The normalized spacial score (nSPS) is 25.2. The summed E-state index contributed by atoms with van der Waals surface area (Å²) in [6.07, 6.45) is -0.896. The van der Waals surface area contributed by atoms with Crippen LogP contribution in [0, 0.1) is 0 Å². The second-order valence-corrected chi connectivity index (χ2v) is 9.68. The number of nitrogens with zero attached hydrogens (tertiary/aromatic N) is 1. The first kappa shape index (κ1) is 22.9. The lowest BCUT2D eigenvalue weighted by Crippen LogP contribution is -2.76. The Balaban J connectivity index is 1.77. The molecule has 31 heavy (non-hydrogen) atoms. The lowest BCUT2D eigenvalue weighted by Gasteiger charge is -2.54. The van der Waals surface area contributed by atoms with Crippen molar-refractivity contribution in [3.8, 4) is 0 Å². The molecule has 0 aromatic heterocycles. The summed E-state index contributed by atoms with van der Waals surface area (Å²) in [7, 11) is 0. The highest BCUT2D eigenvalue weighted by molar-refractivity contribution is 8.03. The second kappa shape index (κ2) is 8.74. The summed E-state index contributed by atoms with van der Waals surface area (Å²) in [6.45, 7) is 10.3. The number of carbonyl (C=O) groups excluding carboxylic acids is 4. The summed E-state index contributed by atoms with van der Waals surface area (Å²) in [4.78, 5) is 51.6. The molecular weight excluding hydrogens is 420 g/mol. The third-order valence-corrected chi connectivity index (χ3v) is 6.00. The van der Waals surface area contributed by atoms with E-state index in [1.807, 2.05) is 30.3 Å². The third kappa shape index (κ3) is 5.10. The Hall–Kier alpha value is -2.81. The molecule has 3 rings (SSSR count). The molecule has 3 unspecified atom stereocenters. The zero-order chi connectivity index (χ0) is 22.9. The van der Waals surface area contributed by atoms with Gasteiger partial charge in [-0.2, -0.15) is 0 Å². The molecule has 2 amide bonds. The number of hydrogen-bond acceptors (Lipinski definition) is 7. The maximum absolute atomic E-state index is 12.9. The minimum Gasteiger partial charge on any atom is -0.458 e. The molecule has 9 heteroatoms. The van der Waals surface area contributed by atoms with E-state index in [2.05, 4.69) is 11.9 Å². The van der Waals surface area contributed by atoms with Gasteiger partial charge in [0.25, 0.3) is 0 Å². The molecule has 2 aliphatic rings. The van der Waals surface area contributed by atoms with Crippen LogP contribution in [0.1, 0.15) is 33.3 Å². The average molecular weight is 447 g/mol. The summed E-state index contributed by atoms with van der Waals surface area (Å²) < 4.78 is 10.8. The summed E-state index contributed by atoms with van der Waals surface area (Å²) in [5.74, 6) is -2.02. The van der Waals surface area contributed by atoms with Crippen LogP contribution in [0.25, 0.3) is 0 Å². The molecule has 0 saturated carbocycles. The first-order valence-electron chi connectivity index (χ1n) is 9.89. The average Bonchev–Trinajstić information content (AvgIpc) is 2.66. The predicted molar refractivity (Wildman–Crippen MR) is 115 cm³/mol. The van der Waals surface area contributed by atoms with E-state index in [9.17, 15) is 19.2 Å². The Morgan fingerprint density at radius 3 is 2.42 bits per heavy atom. The summed E-state index contributed by atoms with van der Waals surface area (Å²) in [6, 6.07) is 7.22. The van der Waals surface area contributed by atoms with Crippen LogP contribution in [0.2, 0.25) is 0 Å². The van der Waals surface area contributed by atoms with Crippen LogP contribution < -0.4 is 5.32 Å². The van der Waals surface area contributed by atoms with Gasteiger partial charge in [-0.25, -0.2) is 4.79 Å². The number of carbonyl (C=O) groups is 4. The Morgan fingerprint density at radius 2 is 1.84 bits per heavy atom. The fourth-order valence-corrected chi connectivity index (χ4v) is 4.79. The van der Waals surface area contributed by atoms with Crippen LogP contribution in [0.4, 0.5) is 0 Å². The maximum Gasteiger partial charge on any atom is 0.333 e. The molecule has 0 radical (unpaired) electrons. The first-order chi connectivity index (χ1) is 14.5. The highest BCUT2D eigenvalue weighted by Crippen LogP contribution is 2.45. The van der Waals surface area contributed by atoms with Crippen LogP contribution in [-0.2, 0) is 35.1 Å². The summed E-state index contributed by atoms with van der Waals surface area (Å²) in [5.41, 5.74) is 0.0298. The van der Waals surface area contributed by atoms with Crippen LogP contribution in [0.3, 0.4) is 0 Å². The fraction of sp³-hybridized carbons (Fsp3) is 0.455. The Kier molecular flexibility index (Phi) is 6.45. The number of benzene rings is 1. The van der Waals surface area contributed by atoms with E-state index < -0.39 is 47.0 Å². The lowest BCUT2D eigenvalue weighted by atomic mass is 9.97. The van der Waals surface area contributed by atoms with Crippen molar-refractivity contribution in [1.29, 1.82) is 0 Å². The Labute approximate surface area is 185 Å². The summed E-state index contributed by atoms with van der Waals surface area (Å²) >= 11 is 1.20. The monoisotopic (exact) mass is 446 g/mol. The zero-order valence-electron chi connectivity index (χ0n) is 17.9. The van der Waals surface area contributed by atoms with Gasteiger partial charge in [0.2, 0.25) is 11.8 Å². The molecule has 2 aliphatic heterocycles. The van der Waals surface area contributed by atoms with Crippen LogP contribution in [0.5, 0.6) is 0 Å². The standard InChI is InChI=1S/C22H26N2O6S/c1-12-18(29-13(2)25)17(21(28)30-22(3,4)5)24-19(27)16(20(24)31-12)23-15(26)11-14-9-7-6-8-10-14/h6-10,16-18,20H,1,11H2,2-5H3,(H,23,26)/t16?,17?,18?,20-/m1/s1. The molecule has 0 aliphatic carbocycles. The number of β-lactam (4-membered cyclic amide) rings is 1. The van der Waals surface area contributed by atoms with Gasteiger partial charge in [0.15, 0.2) is 12.1 Å². The van der Waals surface area contributed by atoms with Gasteiger partial charge >= 0.3 is 11.9 Å². The molecule has 8 nitrogen and oxygen atoms in total. The molecule has 166 valence electrons. The number of rotatable bonds is 5. The van der Waals surface area contributed by atoms with Gasteiger partial charge in [0, 0.05) is 11.8 Å². The van der Waals surface area contributed by atoms with Gasteiger partial charge in [-0.15, -0.1) is 0 Å². The topological polar surface area (TPSA) is 102 Å². The molecule has 1 aromatic carbocycles. The number of amides is 2. The van der Waals surface area contributed by atoms with Crippen molar-refractivity contribution in [3.63, 3.8) is 0 Å². The van der Waals surface area contributed by atoms with Gasteiger partial charge < -0.3 is 19.7 Å². The quantitative estimate of drug-likeness (QED) is 0.543. The smallest absolute Gasteiger partial charge is 0.333 e. The van der Waals surface area contributed by atoms with Crippen molar-refractivity contribution in [2.45, 2.75) is 63.3 Å². The predicted octanol–water partition coefficient (Wildman–Crippen LogP) is 1.78. The highest BCUT2D eigenvalue weighted by atomic mass is 32.2. The summed E-state index contributed by atoms with van der Waals surface area (Å²) in [5, 5.41) is 2.21. The van der Waals surface area contributed by atoms with Gasteiger partial charge in [-0.1, -0.05) is 48.7 Å². The SMILES string of the molecule is C=C1S[C@@H]2C(NC(=O)Cc3ccccc3)C(=O)N2C(C(=O)OC(C)(C)C)C1OC(C)=O. The number of esters is 2. The fourth-order valence-electron chi connectivity index (χ4n) is 3.50. The zero-order valence-corrected chi connectivity index (χ0v) is 18.7. The maximum atomic E-state index is 12.9. The highest BCUT2D eigenvalue weighted by Gasteiger charge is 2.60. The number of fused-ring (bicyclic) bond motifs is 1. The van der Waals surface area contributed by atoms with Gasteiger partial charge in [-0.05, 0) is 26.3 Å². The molecule has 2 saturated heterocycles. The molecular formula is C22H26N2O6S. The molecule has 4 atom stereocenters. The van der Waals surface area contributed by atoms with Gasteiger partial charge in [0.05, 0.1) is 6.42 Å². The van der Waals surface area contributed by atoms with E-state index >= 15 is 0 Å². The number of ether oxygens (including phenoxy) is 2. The van der Waals surface area contributed by atoms with E-state index in [0.29, 0.717) is 4.91 Å². The molecule has 0 spiro atoms.